The predicted octanol–water partition coefficient (Wildman–Crippen LogP) is 3.06. The summed E-state index contributed by atoms with van der Waals surface area (Å²) in [6, 6.07) is 15.9. The molecule has 5 heteroatoms. The summed E-state index contributed by atoms with van der Waals surface area (Å²) in [6.07, 6.45) is 1.61. The van der Waals surface area contributed by atoms with Gasteiger partial charge in [0.25, 0.3) is 5.91 Å². The zero-order chi connectivity index (χ0) is 20.2. The summed E-state index contributed by atoms with van der Waals surface area (Å²) in [5.41, 5.74) is 5.51. The summed E-state index contributed by atoms with van der Waals surface area (Å²) in [6.45, 7) is 5.25. The van der Waals surface area contributed by atoms with E-state index < -0.39 is 0 Å². The van der Waals surface area contributed by atoms with E-state index in [9.17, 15) is 9.90 Å². The van der Waals surface area contributed by atoms with Gasteiger partial charge in [-0.25, -0.2) is 0 Å². The summed E-state index contributed by atoms with van der Waals surface area (Å²) in [5, 5.41) is 14.1. The van der Waals surface area contributed by atoms with Crippen molar-refractivity contribution in [2.45, 2.75) is 26.4 Å². The van der Waals surface area contributed by atoms with Gasteiger partial charge < -0.3 is 15.3 Å². The average Bonchev–Trinajstić information content (AvgIpc) is 3.03. The number of aliphatic hydroxyl groups is 1. The van der Waals surface area contributed by atoms with Crippen molar-refractivity contribution in [1.29, 1.82) is 0 Å². The minimum absolute atomic E-state index is 0.0125. The van der Waals surface area contributed by atoms with Crippen LogP contribution >= 0.6 is 0 Å². The van der Waals surface area contributed by atoms with Gasteiger partial charge in [-0.2, -0.15) is 0 Å². The molecule has 2 heterocycles. The lowest BCUT2D eigenvalue weighted by Crippen LogP contribution is -2.34. The van der Waals surface area contributed by atoms with Gasteiger partial charge in [-0.05, 0) is 48.7 Å². The highest BCUT2D eigenvalue weighted by atomic mass is 16.3. The van der Waals surface area contributed by atoms with Crippen molar-refractivity contribution in [2.24, 2.45) is 0 Å². The van der Waals surface area contributed by atoms with Gasteiger partial charge in [-0.15, -0.1) is 0 Å². The number of aliphatic hydroxyl groups excluding tert-OH is 1. The first-order chi connectivity index (χ1) is 14.2. The molecule has 0 spiro atoms. The van der Waals surface area contributed by atoms with Crippen molar-refractivity contribution in [1.82, 2.24) is 15.2 Å². The summed E-state index contributed by atoms with van der Waals surface area (Å²) >= 11 is 0. The fourth-order valence-electron chi connectivity index (χ4n) is 4.10. The molecule has 1 aliphatic rings. The highest BCUT2D eigenvalue weighted by Crippen LogP contribution is 2.25. The van der Waals surface area contributed by atoms with Crippen LogP contribution in [0.25, 0.3) is 10.9 Å². The zero-order valence-electron chi connectivity index (χ0n) is 16.8. The minimum Gasteiger partial charge on any atom is -0.392 e. The quantitative estimate of drug-likeness (QED) is 0.720. The predicted molar refractivity (Wildman–Crippen MR) is 115 cm³/mol. The Hall–Kier alpha value is -2.76. The number of nitrogens with zero attached hydrogens (tertiary/aromatic N) is 2. The first kappa shape index (κ1) is 19.6. The molecule has 1 fully saturated rings. The highest BCUT2D eigenvalue weighted by Gasteiger charge is 2.20. The molecule has 29 heavy (non-hydrogen) atoms. The van der Waals surface area contributed by atoms with Crippen molar-refractivity contribution in [2.75, 3.05) is 26.2 Å². The SMILES string of the molecule is Cc1cc(CO)c2cccc(Cc3ccccc3C(=O)N3CCCNCC3)c2n1. The van der Waals surface area contributed by atoms with Gasteiger partial charge in [0.15, 0.2) is 0 Å². The normalized spacial score (nSPS) is 14.8. The average molecular weight is 389 g/mol. The van der Waals surface area contributed by atoms with Gasteiger partial charge in [0.05, 0.1) is 12.1 Å². The molecule has 0 aliphatic carbocycles. The second kappa shape index (κ2) is 8.72. The summed E-state index contributed by atoms with van der Waals surface area (Å²) in [4.78, 5) is 19.9. The summed E-state index contributed by atoms with van der Waals surface area (Å²) < 4.78 is 0. The molecule has 2 N–H and O–H groups in total. The van der Waals surface area contributed by atoms with E-state index in [0.717, 1.165) is 71.5 Å². The van der Waals surface area contributed by atoms with Gasteiger partial charge in [0, 0.05) is 42.7 Å². The molecule has 0 saturated carbocycles. The van der Waals surface area contributed by atoms with Crippen molar-refractivity contribution in [3.8, 4) is 0 Å². The van der Waals surface area contributed by atoms with Crippen LogP contribution in [0.1, 0.15) is 39.2 Å². The number of para-hydroxylation sites is 1. The molecule has 2 aromatic carbocycles. The van der Waals surface area contributed by atoms with Crippen LogP contribution in [0.3, 0.4) is 0 Å². The molecule has 1 aliphatic heterocycles. The lowest BCUT2D eigenvalue weighted by Gasteiger charge is -2.21. The van der Waals surface area contributed by atoms with Gasteiger partial charge in [-0.1, -0.05) is 36.4 Å². The standard InChI is InChI=1S/C24H27N3O2/c1-17-14-20(16-28)21-9-4-7-19(23(21)26-17)15-18-6-2-3-8-22(18)24(29)27-12-5-10-25-11-13-27/h2-4,6-9,14,25,28H,5,10-13,15-16H2,1H3. The van der Waals surface area contributed by atoms with Crippen LogP contribution in [0.4, 0.5) is 0 Å². The first-order valence-electron chi connectivity index (χ1n) is 10.2. The fraction of sp³-hybridized carbons (Fsp3) is 0.333. The molecule has 0 bridgehead atoms. The number of rotatable bonds is 4. The Morgan fingerprint density at radius 1 is 1.07 bits per heavy atom. The van der Waals surface area contributed by atoms with Crippen molar-refractivity contribution in [3.63, 3.8) is 0 Å². The molecule has 1 saturated heterocycles. The number of carbonyl (C=O) groups excluding carboxylic acids is 1. The molecule has 0 atom stereocenters. The molecule has 0 radical (unpaired) electrons. The maximum Gasteiger partial charge on any atom is 0.254 e. The Labute approximate surface area is 171 Å². The third kappa shape index (κ3) is 4.16. The van der Waals surface area contributed by atoms with E-state index in [1.54, 1.807) is 0 Å². The van der Waals surface area contributed by atoms with E-state index in [4.69, 9.17) is 4.98 Å². The molecular weight excluding hydrogens is 362 g/mol. The minimum atomic E-state index is -0.0125. The van der Waals surface area contributed by atoms with Crippen LogP contribution in [0.2, 0.25) is 0 Å². The number of benzene rings is 2. The van der Waals surface area contributed by atoms with Gasteiger partial charge >= 0.3 is 0 Å². The van der Waals surface area contributed by atoms with Crippen LogP contribution in [0, 0.1) is 6.92 Å². The number of fused-ring (bicyclic) bond motifs is 1. The number of pyridine rings is 1. The van der Waals surface area contributed by atoms with E-state index in [-0.39, 0.29) is 12.5 Å². The molecule has 3 aromatic rings. The zero-order valence-corrected chi connectivity index (χ0v) is 16.8. The van der Waals surface area contributed by atoms with Crippen LogP contribution in [0.5, 0.6) is 0 Å². The second-order valence-electron chi connectivity index (χ2n) is 7.62. The maximum atomic E-state index is 13.2. The van der Waals surface area contributed by atoms with Crippen LogP contribution in [-0.4, -0.2) is 47.1 Å². The van der Waals surface area contributed by atoms with E-state index in [2.05, 4.69) is 11.4 Å². The van der Waals surface area contributed by atoms with Gasteiger partial charge in [0.2, 0.25) is 0 Å². The van der Waals surface area contributed by atoms with Crippen molar-refractivity contribution in [3.05, 3.63) is 76.5 Å². The number of hydrogen-bond donors (Lipinski definition) is 2. The fourth-order valence-corrected chi connectivity index (χ4v) is 4.10. The van der Waals surface area contributed by atoms with Crippen molar-refractivity contribution >= 4 is 16.8 Å². The van der Waals surface area contributed by atoms with Crippen LogP contribution in [-0.2, 0) is 13.0 Å². The molecule has 1 amide bonds. The molecular formula is C24H27N3O2. The number of amides is 1. The number of aromatic nitrogens is 1. The van der Waals surface area contributed by atoms with Gasteiger partial charge in [0.1, 0.15) is 0 Å². The third-order valence-electron chi connectivity index (χ3n) is 5.56. The lowest BCUT2D eigenvalue weighted by atomic mass is 9.96. The Morgan fingerprint density at radius 2 is 1.90 bits per heavy atom. The van der Waals surface area contributed by atoms with Crippen LogP contribution < -0.4 is 5.32 Å². The van der Waals surface area contributed by atoms with Crippen LogP contribution in [0.15, 0.2) is 48.5 Å². The molecule has 5 nitrogen and oxygen atoms in total. The number of hydrogen-bond acceptors (Lipinski definition) is 4. The topological polar surface area (TPSA) is 65.5 Å². The maximum absolute atomic E-state index is 13.2. The monoisotopic (exact) mass is 389 g/mol. The molecule has 0 unspecified atom stereocenters. The molecule has 150 valence electrons. The Balaban J connectivity index is 1.71. The van der Waals surface area contributed by atoms with E-state index in [0.29, 0.717) is 6.42 Å². The highest BCUT2D eigenvalue weighted by molar-refractivity contribution is 5.96. The molecule has 4 rings (SSSR count). The Morgan fingerprint density at radius 3 is 2.76 bits per heavy atom. The number of carbonyl (C=O) groups is 1. The largest absolute Gasteiger partial charge is 0.392 e. The Kier molecular flexibility index (Phi) is 5.88. The summed E-state index contributed by atoms with van der Waals surface area (Å²) in [5.74, 6) is 0.102. The molecule has 1 aromatic heterocycles. The van der Waals surface area contributed by atoms with E-state index in [1.807, 2.05) is 54.3 Å². The van der Waals surface area contributed by atoms with E-state index in [1.165, 1.54) is 0 Å². The van der Waals surface area contributed by atoms with Crippen molar-refractivity contribution < 1.29 is 9.90 Å². The summed E-state index contributed by atoms with van der Waals surface area (Å²) in [7, 11) is 0. The van der Waals surface area contributed by atoms with Gasteiger partial charge in [-0.3, -0.25) is 9.78 Å². The smallest absolute Gasteiger partial charge is 0.254 e. The first-order valence-corrected chi connectivity index (χ1v) is 10.2. The Bertz CT molecular complexity index is 1020. The number of aryl methyl sites for hydroxylation is 1. The lowest BCUT2D eigenvalue weighted by molar-refractivity contribution is 0.0765. The second-order valence-corrected chi connectivity index (χ2v) is 7.62. The van der Waals surface area contributed by atoms with E-state index >= 15 is 0 Å². The number of nitrogens with one attached hydrogen (secondary N) is 1. The third-order valence-corrected chi connectivity index (χ3v) is 5.56.